The molecule has 0 amide bonds. The largest absolute Gasteiger partial charge is 0.310 e. The van der Waals surface area contributed by atoms with Crippen molar-refractivity contribution < 1.29 is 8.78 Å². The number of nitrogens with one attached hydrogen (secondary N) is 1. The number of rotatable bonds is 5. The Balaban J connectivity index is 2.88. The van der Waals surface area contributed by atoms with E-state index >= 15 is 0 Å². The molecule has 16 heavy (non-hydrogen) atoms. The van der Waals surface area contributed by atoms with Gasteiger partial charge >= 0.3 is 0 Å². The fourth-order valence-electron chi connectivity index (χ4n) is 1.74. The summed E-state index contributed by atoms with van der Waals surface area (Å²) >= 11 is 0. The number of halogens is 2. The molecule has 1 aromatic rings. The maximum absolute atomic E-state index is 13.1. The van der Waals surface area contributed by atoms with Crippen molar-refractivity contribution in [3.8, 4) is 0 Å². The van der Waals surface area contributed by atoms with E-state index in [2.05, 4.69) is 26.1 Å². The van der Waals surface area contributed by atoms with Crippen molar-refractivity contribution in [3.63, 3.8) is 0 Å². The average Bonchev–Trinajstić information content (AvgIpc) is 2.23. The molecule has 1 aromatic carbocycles. The molecule has 0 fully saturated rings. The maximum atomic E-state index is 13.1. The lowest BCUT2D eigenvalue weighted by atomic mass is 9.96. The van der Waals surface area contributed by atoms with Crippen molar-refractivity contribution in [2.24, 2.45) is 5.92 Å². The van der Waals surface area contributed by atoms with Crippen LogP contribution >= 0.6 is 0 Å². The van der Waals surface area contributed by atoms with Gasteiger partial charge in [0, 0.05) is 6.04 Å². The molecule has 0 aliphatic carbocycles. The van der Waals surface area contributed by atoms with Crippen LogP contribution in [0, 0.1) is 17.6 Å². The molecule has 0 radical (unpaired) electrons. The van der Waals surface area contributed by atoms with Gasteiger partial charge in [-0.2, -0.15) is 0 Å². The Kier molecular flexibility index (Phi) is 4.87. The summed E-state index contributed by atoms with van der Waals surface area (Å²) in [5.41, 5.74) is 0.808. The monoisotopic (exact) mass is 227 g/mol. The van der Waals surface area contributed by atoms with Crippen molar-refractivity contribution in [1.29, 1.82) is 0 Å². The first kappa shape index (κ1) is 13.1. The normalized spacial score (nSPS) is 13.1. The van der Waals surface area contributed by atoms with Crippen molar-refractivity contribution in [2.75, 3.05) is 6.54 Å². The van der Waals surface area contributed by atoms with E-state index in [1.54, 1.807) is 6.07 Å². The van der Waals surface area contributed by atoms with Gasteiger partial charge in [-0.3, -0.25) is 0 Å². The zero-order valence-electron chi connectivity index (χ0n) is 10.1. The summed E-state index contributed by atoms with van der Waals surface area (Å²) in [5, 5.41) is 3.34. The predicted octanol–water partition coefficient (Wildman–Crippen LogP) is 3.66. The van der Waals surface area contributed by atoms with Crippen LogP contribution in [0.3, 0.4) is 0 Å². The van der Waals surface area contributed by atoms with E-state index in [4.69, 9.17) is 0 Å². The maximum Gasteiger partial charge on any atom is 0.159 e. The van der Waals surface area contributed by atoms with Crippen molar-refractivity contribution in [1.82, 2.24) is 5.32 Å². The second-order valence-corrected chi connectivity index (χ2v) is 4.35. The van der Waals surface area contributed by atoms with Gasteiger partial charge in [0.15, 0.2) is 11.6 Å². The summed E-state index contributed by atoms with van der Waals surface area (Å²) in [6.45, 7) is 7.08. The van der Waals surface area contributed by atoms with E-state index < -0.39 is 11.6 Å². The summed E-state index contributed by atoms with van der Waals surface area (Å²) < 4.78 is 25.9. The Labute approximate surface area is 95.9 Å². The van der Waals surface area contributed by atoms with Crippen LogP contribution in [0.15, 0.2) is 18.2 Å². The lowest BCUT2D eigenvalue weighted by Crippen LogP contribution is -2.26. The molecule has 0 aliphatic heterocycles. The van der Waals surface area contributed by atoms with Crippen LogP contribution in [0.1, 0.15) is 38.8 Å². The van der Waals surface area contributed by atoms with E-state index in [1.165, 1.54) is 12.1 Å². The first-order chi connectivity index (χ1) is 7.56. The second-order valence-electron chi connectivity index (χ2n) is 4.35. The van der Waals surface area contributed by atoms with E-state index in [0.29, 0.717) is 5.92 Å². The second kappa shape index (κ2) is 5.94. The highest BCUT2D eigenvalue weighted by Gasteiger charge is 2.16. The average molecular weight is 227 g/mol. The van der Waals surface area contributed by atoms with Gasteiger partial charge in [-0.05, 0) is 36.6 Å². The molecular formula is C13H19F2N. The SMILES string of the molecule is CCCNC(c1ccc(F)c(F)c1)C(C)C. The van der Waals surface area contributed by atoms with Gasteiger partial charge in [0.25, 0.3) is 0 Å². The molecule has 0 bridgehead atoms. The first-order valence-electron chi connectivity index (χ1n) is 5.74. The third-order valence-corrected chi connectivity index (χ3v) is 2.58. The lowest BCUT2D eigenvalue weighted by molar-refractivity contribution is 0.408. The minimum Gasteiger partial charge on any atom is -0.310 e. The van der Waals surface area contributed by atoms with Crippen LogP contribution in [0.25, 0.3) is 0 Å². The molecule has 0 spiro atoms. The molecule has 0 aromatic heterocycles. The minimum atomic E-state index is -0.790. The number of hydrogen-bond donors (Lipinski definition) is 1. The van der Waals surface area contributed by atoms with Crippen LogP contribution in [0.4, 0.5) is 8.78 Å². The van der Waals surface area contributed by atoms with Crippen LogP contribution in [-0.2, 0) is 0 Å². The Morgan fingerprint density at radius 2 is 1.88 bits per heavy atom. The summed E-state index contributed by atoms with van der Waals surface area (Å²) in [7, 11) is 0. The molecular weight excluding hydrogens is 208 g/mol. The fourth-order valence-corrected chi connectivity index (χ4v) is 1.74. The molecule has 1 atom stereocenters. The molecule has 0 saturated carbocycles. The standard InChI is InChI=1S/C13H19F2N/c1-4-7-16-13(9(2)3)10-5-6-11(14)12(15)8-10/h5-6,8-9,13,16H,4,7H2,1-3H3. The zero-order valence-corrected chi connectivity index (χ0v) is 10.1. The highest BCUT2D eigenvalue weighted by Crippen LogP contribution is 2.23. The van der Waals surface area contributed by atoms with E-state index in [1.807, 2.05) is 0 Å². The molecule has 1 nitrogen and oxygen atoms in total. The molecule has 3 heteroatoms. The third kappa shape index (κ3) is 3.27. The summed E-state index contributed by atoms with van der Waals surface area (Å²) in [6.07, 6.45) is 1.02. The smallest absolute Gasteiger partial charge is 0.159 e. The molecule has 1 N–H and O–H groups in total. The van der Waals surface area contributed by atoms with E-state index in [9.17, 15) is 8.78 Å². The highest BCUT2D eigenvalue weighted by molar-refractivity contribution is 5.21. The molecule has 0 heterocycles. The Bertz CT molecular complexity index is 337. The van der Waals surface area contributed by atoms with E-state index in [-0.39, 0.29) is 6.04 Å². The van der Waals surface area contributed by atoms with Crippen molar-refractivity contribution >= 4 is 0 Å². The molecule has 90 valence electrons. The number of benzene rings is 1. The highest BCUT2D eigenvalue weighted by atomic mass is 19.2. The Morgan fingerprint density at radius 1 is 1.19 bits per heavy atom. The van der Waals surface area contributed by atoms with Gasteiger partial charge in [0.2, 0.25) is 0 Å². The van der Waals surface area contributed by atoms with Crippen molar-refractivity contribution in [2.45, 2.75) is 33.2 Å². The van der Waals surface area contributed by atoms with Gasteiger partial charge in [0.05, 0.1) is 0 Å². The topological polar surface area (TPSA) is 12.0 Å². The van der Waals surface area contributed by atoms with Crippen molar-refractivity contribution in [3.05, 3.63) is 35.4 Å². The molecule has 1 unspecified atom stereocenters. The van der Waals surface area contributed by atoms with Crippen LogP contribution in [0.5, 0.6) is 0 Å². The quantitative estimate of drug-likeness (QED) is 0.809. The zero-order chi connectivity index (χ0) is 12.1. The lowest BCUT2D eigenvalue weighted by Gasteiger charge is -2.22. The van der Waals surface area contributed by atoms with Gasteiger partial charge in [0.1, 0.15) is 0 Å². The van der Waals surface area contributed by atoms with Gasteiger partial charge in [-0.1, -0.05) is 26.8 Å². The number of hydrogen-bond acceptors (Lipinski definition) is 1. The fraction of sp³-hybridized carbons (Fsp3) is 0.538. The van der Waals surface area contributed by atoms with Crippen LogP contribution in [-0.4, -0.2) is 6.54 Å². The van der Waals surface area contributed by atoms with Crippen LogP contribution in [0.2, 0.25) is 0 Å². The first-order valence-corrected chi connectivity index (χ1v) is 5.74. The van der Waals surface area contributed by atoms with Gasteiger partial charge < -0.3 is 5.32 Å². The van der Waals surface area contributed by atoms with E-state index in [0.717, 1.165) is 18.5 Å². The van der Waals surface area contributed by atoms with Gasteiger partial charge in [-0.15, -0.1) is 0 Å². The van der Waals surface area contributed by atoms with Gasteiger partial charge in [-0.25, -0.2) is 8.78 Å². The van der Waals surface area contributed by atoms with Crippen LogP contribution < -0.4 is 5.32 Å². The summed E-state index contributed by atoms with van der Waals surface area (Å²) in [6, 6.07) is 4.19. The molecule has 0 aliphatic rings. The Hall–Kier alpha value is -0.960. The molecule has 1 rings (SSSR count). The minimum absolute atomic E-state index is 0.0787. The summed E-state index contributed by atoms with van der Waals surface area (Å²) in [5.74, 6) is -1.22. The Morgan fingerprint density at radius 3 is 2.38 bits per heavy atom. The summed E-state index contributed by atoms with van der Waals surface area (Å²) in [4.78, 5) is 0. The predicted molar refractivity (Wildman–Crippen MR) is 62.2 cm³/mol. The third-order valence-electron chi connectivity index (χ3n) is 2.58. The molecule has 0 saturated heterocycles.